The minimum atomic E-state index is -0.264. The van der Waals surface area contributed by atoms with Gasteiger partial charge < -0.3 is 5.32 Å². The van der Waals surface area contributed by atoms with Crippen LogP contribution in [0.4, 0.5) is 5.69 Å². The highest BCUT2D eigenvalue weighted by Crippen LogP contribution is 2.50. The van der Waals surface area contributed by atoms with Gasteiger partial charge in [-0.05, 0) is 24.0 Å². The number of benzene rings is 2. The van der Waals surface area contributed by atoms with E-state index >= 15 is 0 Å². The van der Waals surface area contributed by atoms with Crippen molar-refractivity contribution in [2.75, 3.05) is 5.32 Å². The molecule has 1 aliphatic carbocycles. The van der Waals surface area contributed by atoms with Crippen LogP contribution in [-0.4, -0.2) is 5.84 Å². The van der Waals surface area contributed by atoms with Gasteiger partial charge in [-0.3, -0.25) is 0 Å². The monoisotopic (exact) mass is 282 g/mol. The molecule has 0 spiro atoms. The molecule has 1 fully saturated rings. The summed E-state index contributed by atoms with van der Waals surface area (Å²) in [5, 5.41) is 3.45. The largest absolute Gasteiger partial charge is 0.343 e. The van der Waals surface area contributed by atoms with Crippen LogP contribution in [0.15, 0.2) is 59.6 Å². The number of hydrogen-bond donors (Lipinski definition) is 1. The SMILES string of the molecule is ClC1N=C(C2CC2c2ccccc2)Nc2ccccc21. The van der Waals surface area contributed by atoms with Crippen LogP contribution in [0.1, 0.15) is 29.0 Å². The van der Waals surface area contributed by atoms with Crippen molar-refractivity contribution in [2.45, 2.75) is 17.8 Å². The smallest absolute Gasteiger partial charge is 0.152 e. The van der Waals surface area contributed by atoms with Crippen molar-refractivity contribution in [3.63, 3.8) is 0 Å². The first-order valence-corrected chi connectivity index (χ1v) is 7.39. The molecule has 0 bridgehead atoms. The Morgan fingerprint density at radius 1 is 0.950 bits per heavy atom. The van der Waals surface area contributed by atoms with Crippen LogP contribution < -0.4 is 5.32 Å². The van der Waals surface area contributed by atoms with E-state index in [9.17, 15) is 0 Å². The van der Waals surface area contributed by atoms with Gasteiger partial charge in [0.2, 0.25) is 0 Å². The van der Waals surface area contributed by atoms with Gasteiger partial charge in [0.15, 0.2) is 5.50 Å². The van der Waals surface area contributed by atoms with Crippen molar-refractivity contribution in [3.8, 4) is 0 Å². The van der Waals surface area contributed by atoms with E-state index in [1.165, 1.54) is 5.56 Å². The van der Waals surface area contributed by atoms with Crippen LogP contribution >= 0.6 is 11.6 Å². The molecule has 4 rings (SSSR count). The first-order chi connectivity index (χ1) is 9.83. The summed E-state index contributed by atoms with van der Waals surface area (Å²) >= 11 is 6.38. The zero-order valence-electron chi connectivity index (χ0n) is 11.0. The number of nitrogens with zero attached hydrogens (tertiary/aromatic N) is 1. The Hall–Kier alpha value is -1.80. The van der Waals surface area contributed by atoms with Crippen molar-refractivity contribution in [1.29, 1.82) is 0 Å². The number of rotatable bonds is 2. The predicted molar refractivity (Wildman–Crippen MR) is 83.4 cm³/mol. The molecule has 0 saturated heterocycles. The second kappa shape index (κ2) is 4.64. The summed E-state index contributed by atoms with van der Waals surface area (Å²) in [5.41, 5.74) is 3.29. The van der Waals surface area contributed by atoms with Gasteiger partial charge in [0.05, 0.1) is 0 Å². The first kappa shape index (κ1) is 12.0. The average molecular weight is 283 g/mol. The molecular formula is C17H15ClN2. The van der Waals surface area contributed by atoms with Gasteiger partial charge in [-0.25, -0.2) is 4.99 Å². The number of aliphatic imine (C=N–C) groups is 1. The minimum Gasteiger partial charge on any atom is -0.343 e. The van der Waals surface area contributed by atoms with Gasteiger partial charge in [-0.2, -0.15) is 0 Å². The maximum atomic E-state index is 6.38. The second-order valence-electron chi connectivity index (χ2n) is 5.42. The first-order valence-electron chi connectivity index (χ1n) is 6.95. The normalized spacial score (nSPS) is 27.2. The number of anilines is 1. The number of alkyl halides is 1. The Bertz CT molecular complexity index is 666. The van der Waals surface area contributed by atoms with Crippen molar-refractivity contribution < 1.29 is 0 Å². The average Bonchev–Trinajstić information content (AvgIpc) is 3.29. The summed E-state index contributed by atoms with van der Waals surface area (Å²) in [5.74, 6) is 2.10. The van der Waals surface area contributed by atoms with Crippen molar-refractivity contribution in [2.24, 2.45) is 10.9 Å². The summed E-state index contributed by atoms with van der Waals surface area (Å²) in [6.07, 6.45) is 1.15. The van der Waals surface area contributed by atoms with E-state index in [0.29, 0.717) is 11.8 Å². The molecule has 2 aliphatic rings. The van der Waals surface area contributed by atoms with Crippen LogP contribution in [0.25, 0.3) is 0 Å². The van der Waals surface area contributed by atoms with E-state index in [1.807, 2.05) is 18.2 Å². The molecule has 0 radical (unpaired) electrons. The van der Waals surface area contributed by atoms with E-state index in [4.69, 9.17) is 11.6 Å². The zero-order chi connectivity index (χ0) is 13.5. The third kappa shape index (κ3) is 2.01. The maximum absolute atomic E-state index is 6.38. The molecule has 2 aromatic rings. The molecular weight excluding hydrogens is 268 g/mol. The van der Waals surface area contributed by atoms with Gasteiger partial charge in [-0.1, -0.05) is 60.1 Å². The fourth-order valence-electron chi connectivity index (χ4n) is 2.93. The van der Waals surface area contributed by atoms with Crippen LogP contribution in [0.3, 0.4) is 0 Å². The van der Waals surface area contributed by atoms with E-state index < -0.39 is 0 Å². The summed E-state index contributed by atoms with van der Waals surface area (Å²) in [4.78, 5) is 4.63. The number of fused-ring (bicyclic) bond motifs is 1. The quantitative estimate of drug-likeness (QED) is 0.634. The molecule has 2 aromatic carbocycles. The zero-order valence-corrected chi connectivity index (χ0v) is 11.7. The van der Waals surface area contributed by atoms with Crippen LogP contribution in [0.5, 0.6) is 0 Å². The molecule has 100 valence electrons. The number of para-hydroxylation sites is 1. The van der Waals surface area contributed by atoms with Gasteiger partial charge in [0, 0.05) is 17.2 Å². The number of amidine groups is 1. The second-order valence-corrected chi connectivity index (χ2v) is 5.84. The fraction of sp³-hybridized carbons (Fsp3) is 0.235. The molecule has 3 atom stereocenters. The highest BCUT2D eigenvalue weighted by atomic mass is 35.5. The number of hydrogen-bond acceptors (Lipinski definition) is 2. The molecule has 1 saturated carbocycles. The Labute approximate surface area is 123 Å². The molecule has 1 aliphatic heterocycles. The third-order valence-electron chi connectivity index (χ3n) is 4.10. The summed E-state index contributed by atoms with van der Waals surface area (Å²) in [6, 6.07) is 18.8. The number of halogens is 1. The molecule has 3 unspecified atom stereocenters. The van der Waals surface area contributed by atoms with Gasteiger partial charge in [-0.15, -0.1) is 0 Å². The van der Waals surface area contributed by atoms with Gasteiger partial charge in [0.1, 0.15) is 5.84 Å². The summed E-state index contributed by atoms with van der Waals surface area (Å²) in [7, 11) is 0. The fourth-order valence-corrected chi connectivity index (χ4v) is 3.23. The van der Waals surface area contributed by atoms with E-state index in [2.05, 4.69) is 46.7 Å². The lowest BCUT2D eigenvalue weighted by Crippen LogP contribution is -2.21. The molecule has 3 heteroatoms. The Kier molecular flexibility index (Phi) is 2.78. The minimum absolute atomic E-state index is 0.264. The van der Waals surface area contributed by atoms with E-state index in [-0.39, 0.29) is 5.50 Å². The third-order valence-corrected chi connectivity index (χ3v) is 4.43. The van der Waals surface area contributed by atoms with Crippen molar-refractivity contribution in [3.05, 3.63) is 65.7 Å². The van der Waals surface area contributed by atoms with Crippen LogP contribution in [-0.2, 0) is 0 Å². The topological polar surface area (TPSA) is 24.4 Å². The molecule has 0 amide bonds. The maximum Gasteiger partial charge on any atom is 0.152 e. The lowest BCUT2D eigenvalue weighted by molar-refractivity contribution is 0.949. The van der Waals surface area contributed by atoms with Crippen LogP contribution in [0.2, 0.25) is 0 Å². The highest BCUT2D eigenvalue weighted by Gasteiger charge is 2.43. The number of nitrogens with one attached hydrogen (secondary N) is 1. The summed E-state index contributed by atoms with van der Waals surface area (Å²) in [6.45, 7) is 0. The van der Waals surface area contributed by atoms with E-state index in [1.54, 1.807) is 0 Å². The summed E-state index contributed by atoms with van der Waals surface area (Å²) < 4.78 is 0. The van der Waals surface area contributed by atoms with Gasteiger partial charge >= 0.3 is 0 Å². The van der Waals surface area contributed by atoms with Crippen LogP contribution in [0, 0.1) is 5.92 Å². The Balaban J connectivity index is 1.58. The molecule has 20 heavy (non-hydrogen) atoms. The Morgan fingerprint density at radius 2 is 1.70 bits per heavy atom. The molecule has 1 N–H and O–H groups in total. The Morgan fingerprint density at radius 3 is 2.55 bits per heavy atom. The highest BCUT2D eigenvalue weighted by molar-refractivity contribution is 6.23. The molecule has 1 heterocycles. The van der Waals surface area contributed by atoms with Crippen molar-refractivity contribution in [1.82, 2.24) is 0 Å². The van der Waals surface area contributed by atoms with Gasteiger partial charge in [0.25, 0.3) is 0 Å². The lowest BCUT2D eigenvalue weighted by Gasteiger charge is -2.21. The van der Waals surface area contributed by atoms with Crippen molar-refractivity contribution >= 4 is 23.1 Å². The molecule has 2 nitrogen and oxygen atoms in total. The standard InChI is InChI=1S/C17H15ClN2/c18-16-12-8-4-5-9-15(12)19-17(20-16)14-10-13(14)11-6-2-1-3-7-11/h1-9,13-14,16H,10H2,(H,19,20). The molecule has 0 aromatic heterocycles. The lowest BCUT2D eigenvalue weighted by atomic mass is 10.1. The van der Waals surface area contributed by atoms with E-state index in [0.717, 1.165) is 23.5 Å². The predicted octanol–water partition coefficient (Wildman–Crippen LogP) is 4.55.